The Kier molecular flexibility index (Phi) is 7.79. The molecule has 2 N–H and O–H groups in total. The maximum absolute atomic E-state index is 12.1. The number of carbonyl (C=O) groups is 3. The summed E-state index contributed by atoms with van der Waals surface area (Å²) < 4.78 is 20.9. The van der Waals surface area contributed by atoms with Crippen molar-refractivity contribution in [2.45, 2.75) is 6.92 Å². The summed E-state index contributed by atoms with van der Waals surface area (Å²) in [5, 5.41) is 6.25. The van der Waals surface area contributed by atoms with E-state index in [-0.39, 0.29) is 17.3 Å². The van der Waals surface area contributed by atoms with Gasteiger partial charge in [0.1, 0.15) is 5.75 Å². The van der Waals surface area contributed by atoms with Crippen molar-refractivity contribution in [1.29, 1.82) is 0 Å². The van der Waals surface area contributed by atoms with Crippen LogP contribution in [-0.2, 0) is 9.59 Å². The summed E-state index contributed by atoms with van der Waals surface area (Å²) in [6.07, 6.45) is 2.67. The third-order valence-corrected chi connectivity index (χ3v) is 4.13. The van der Waals surface area contributed by atoms with Crippen LogP contribution in [0.25, 0.3) is 0 Å². The van der Waals surface area contributed by atoms with Crippen molar-refractivity contribution in [3.05, 3.63) is 72.2 Å². The SMILES string of the molecule is CCOc1ccccc1NC(=O)C(=O)NN=Cc1ccc(OC(=O)c2ccco2)c(OC)c1. The van der Waals surface area contributed by atoms with Gasteiger partial charge in [0.15, 0.2) is 11.5 Å². The zero-order valence-corrected chi connectivity index (χ0v) is 17.9. The fourth-order valence-electron chi connectivity index (χ4n) is 2.64. The van der Waals surface area contributed by atoms with E-state index in [0.29, 0.717) is 23.6 Å². The average Bonchev–Trinajstić information content (AvgIpc) is 3.36. The fraction of sp³-hybridized carbons (Fsp3) is 0.130. The number of amides is 2. The molecule has 3 aromatic rings. The molecule has 0 atom stereocenters. The van der Waals surface area contributed by atoms with E-state index in [1.165, 1.54) is 31.7 Å². The second kappa shape index (κ2) is 11.1. The number of methoxy groups -OCH3 is 1. The Balaban J connectivity index is 1.59. The summed E-state index contributed by atoms with van der Waals surface area (Å²) in [5.41, 5.74) is 3.03. The van der Waals surface area contributed by atoms with Crippen LogP contribution < -0.4 is 25.0 Å². The molecule has 3 rings (SSSR count). The summed E-state index contributed by atoms with van der Waals surface area (Å²) in [7, 11) is 1.41. The lowest BCUT2D eigenvalue weighted by molar-refractivity contribution is -0.136. The summed E-state index contributed by atoms with van der Waals surface area (Å²) in [5.74, 6) is -1.62. The average molecular weight is 451 g/mol. The van der Waals surface area contributed by atoms with Gasteiger partial charge in [-0.15, -0.1) is 0 Å². The first kappa shape index (κ1) is 23.1. The van der Waals surface area contributed by atoms with Crippen LogP contribution >= 0.6 is 0 Å². The molecule has 10 nitrogen and oxygen atoms in total. The van der Waals surface area contributed by atoms with Gasteiger partial charge in [-0.1, -0.05) is 12.1 Å². The molecular formula is C23H21N3O7. The largest absolute Gasteiger partial charge is 0.493 e. The number of hydrogen-bond donors (Lipinski definition) is 2. The number of para-hydroxylation sites is 2. The van der Waals surface area contributed by atoms with Crippen LogP contribution in [0.4, 0.5) is 5.69 Å². The van der Waals surface area contributed by atoms with Gasteiger partial charge in [-0.2, -0.15) is 5.10 Å². The highest BCUT2D eigenvalue weighted by Gasteiger charge is 2.16. The number of hydrazone groups is 1. The number of esters is 1. The number of furan rings is 1. The molecule has 0 spiro atoms. The zero-order chi connectivity index (χ0) is 23.6. The molecule has 0 saturated heterocycles. The second-order valence-electron chi connectivity index (χ2n) is 6.36. The lowest BCUT2D eigenvalue weighted by Crippen LogP contribution is -2.32. The maximum Gasteiger partial charge on any atom is 0.379 e. The van der Waals surface area contributed by atoms with Gasteiger partial charge in [-0.05, 0) is 55.0 Å². The first-order valence-corrected chi connectivity index (χ1v) is 9.81. The minimum atomic E-state index is -0.964. The number of nitrogens with zero attached hydrogens (tertiary/aromatic N) is 1. The number of nitrogens with one attached hydrogen (secondary N) is 2. The Bertz CT molecular complexity index is 1160. The molecule has 1 aromatic heterocycles. The highest BCUT2D eigenvalue weighted by molar-refractivity contribution is 6.39. The molecule has 33 heavy (non-hydrogen) atoms. The van der Waals surface area contributed by atoms with Crippen LogP contribution in [0.2, 0.25) is 0 Å². The van der Waals surface area contributed by atoms with Gasteiger partial charge in [0.2, 0.25) is 5.76 Å². The molecule has 1 heterocycles. The van der Waals surface area contributed by atoms with Crippen molar-refractivity contribution in [3.63, 3.8) is 0 Å². The summed E-state index contributed by atoms with van der Waals surface area (Å²) in [6.45, 7) is 2.22. The number of benzene rings is 2. The molecule has 0 aliphatic carbocycles. The molecule has 170 valence electrons. The van der Waals surface area contributed by atoms with Gasteiger partial charge in [0, 0.05) is 0 Å². The van der Waals surface area contributed by atoms with Crippen LogP contribution in [-0.4, -0.2) is 37.7 Å². The van der Waals surface area contributed by atoms with Gasteiger partial charge >= 0.3 is 17.8 Å². The van der Waals surface area contributed by atoms with E-state index in [0.717, 1.165) is 0 Å². The molecule has 0 fully saturated rings. The number of carbonyl (C=O) groups excluding carboxylic acids is 3. The number of ether oxygens (including phenoxy) is 3. The Hall–Kier alpha value is -4.60. The standard InChI is InChI=1S/C23H21N3O7/c1-3-31-17-8-5-4-7-16(17)25-21(27)22(28)26-24-14-15-10-11-18(20(13-15)30-2)33-23(29)19-9-6-12-32-19/h4-14H,3H2,1-2H3,(H,25,27)(H,26,28). The van der Waals surface area contributed by atoms with Crippen molar-refractivity contribution >= 4 is 29.7 Å². The molecule has 0 unspecified atom stereocenters. The van der Waals surface area contributed by atoms with E-state index in [2.05, 4.69) is 15.8 Å². The van der Waals surface area contributed by atoms with Gasteiger partial charge < -0.3 is 23.9 Å². The first-order chi connectivity index (χ1) is 16.0. The van der Waals surface area contributed by atoms with E-state index in [1.54, 1.807) is 42.5 Å². The van der Waals surface area contributed by atoms with Gasteiger partial charge in [0.25, 0.3) is 0 Å². The Morgan fingerprint density at radius 1 is 1.00 bits per heavy atom. The molecule has 2 aromatic carbocycles. The van der Waals surface area contributed by atoms with E-state index in [4.69, 9.17) is 18.6 Å². The van der Waals surface area contributed by atoms with Crippen LogP contribution in [0, 0.1) is 0 Å². The van der Waals surface area contributed by atoms with Crippen molar-refractivity contribution in [2.24, 2.45) is 5.10 Å². The Morgan fingerprint density at radius 2 is 1.82 bits per heavy atom. The van der Waals surface area contributed by atoms with Crippen molar-refractivity contribution in [2.75, 3.05) is 19.0 Å². The van der Waals surface area contributed by atoms with Crippen LogP contribution in [0.1, 0.15) is 23.0 Å². The normalized spacial score (nSPS) is 10.5. The van der Waals surface area contributed by atoms with Crippen molar-refractivity contribution in [1.82, 2.24) is 5.43 Å². The van der Waals surface area contributed by atoms with Crippen molar-refractivity contribution < 1.29 is 33.0 Å². The predicted octanol–water partition coefficient (Wildman–Crippen LogP) is 2.99. The summed E-state index contributed by atoms with van der Waals surface area (Å²) >= 11 is 0. The first-order valence-electron chi connectivity index (χ1n) is 9.81. The third kappa shape index (κ3) is 6.20. The number of anilines is 1. The Labute approximate surface area is 189 Å². The fourth-order valence-corrected chi connectivity index (χ4v) is 2.64. The van der Waals surface area contributed by atoms with E-state index < -0.39 is 17.8 Å². The van der Waals surface area contributed by atoms with Crippen LogP contribution in [0.5, 0.6) is 17.2 Å². The maximum atomic E-state index is 12.1. The molecule has 10 heteroatoms. The summed E-state index contributed by atoms with van der Waals surface area (Å²) in [4.78, 5) is 36.2. The zero-order valence-electron chi connectivity index (χ0n) is 17.9. The van der Waals surface area contributed by atoms with Gasteiger partial charge in [-0.25, -0.2) is 10.2 Å². The van der Waals surface area contributed by atoms with E-state index in [9.17, 15) is 14.4 Å². The molecule has 0 radical (unpaired) electrons. The molecule has 0 aliphatic heterocycles. The smallest absolute Gasteiger partial charge is 0.379 e. The Morgan fingerprint density at radius 3 is 2.55 bits per heavy atom. The summed E-state index contributed by atoms with van der Waals surface area (Å²) in [6, 6.07) is 14.4. The number of hydrogen-bond acceptors (Lipinski definition) is 8. The molecule has 0 bridgehead atoms. The van der Waals surface area contributed by atoms with Crippen LogP contribution in [0.3, 0.4) is 0 Å². The molecule has 2 amide bonds. The molecular weight excluding hydrogens is 430 g/mol. The quantitative estimate of drug-likeness (QED) is 0.177. The lowest BCUT2D eigenvalue weighted by Gasteiger charge is -2.10. The minimum Gasteiger partial charge on any atom is -0.493 e. The van der Waals surface area contributed by atoms with E-state index >= 15 is 0 Å². The highest BCUT2D eigenvalue weighted by atomic mass is 16.6. The molecule has 0 saturated carbocycles. The van der Waals surface area contributed by atoms with Gasteiger partial charge in [-0.3, -0.25) is 9.59 Å². The van der Waals surface area contributed by atoms with Crippen molar-refractivity contribution in [3.8, 4) is 17.2 Å². The second-order valence-corrected chi connectivity index (χ2v) is 6.36. The molecule has 0 aliphatic rings. The third-order valence-electron chi connectivity index (χ3n) is 4.13. The topological polar surface area (TPSA) is 128 Å². The van der Waals surface area contributed by atoms with E-state index in [1.807, 2.05) is 6.92 Å². The minimum absolute atomic E-state index is 0.0487. The lowest BCUT2D eigenvalue weighted by atomic mass is 10.2. The monoisotopic (exact) mass is 451 g/mol. The number of rotatable bonds is 8. The highest BCUT2D eigenvalue weighted by Crippen LogP contribution is 2.28. The van der Waals surface area contributed by atoms with Crippen LogP contribution in [0.15, 0.2) is 70.4 Å². The predicted molar refractivity (Wildman–Crippen MR) is 119 cm³/mol. The van der Waals surface area contributed by atoms with Gasteiger partial charge in [0.05, 0.1) is 31.9 Å².